The van der Waals surface area contributed by atoms with Crippen molar-refractivity contribution in [1.29, 1.82) is 0 Å². The number of hydrogen-bond acceptors (Lipinski definition) is 7. The number of ether oxygens (including phenoxy) is 2. The first-order chi connectivity index (χ1) is 16.9. The second-order valence-electron chi connectivity index (χ2n) is 8.64. The number of nitrogens with one attached hydrogen (secondary N) is 1. The fraction of sp³-hybridized carbons (Fsp3) is 0.269. The number of aryl methyl sites for hydroxylation is 1. The van der Waals surface area contributed by atoms with Gasteiger partial charge in [0.1, 0.15) is 17.3 Å². The van der Waals surface area contributed by atoms with E-state index in [4.69, 9.17) is 14.6 Å². The zero-order valence-electron chi connectivity index (χ0n) is 20.0. The topological polar surface area (TPSA) is 104 Å². The average molecular weight is 471 g/mol. The predicted octanol–water partition coefficient (Wildman–Crippen LogP) is 4.30. The highest BCUT2D eigenvalue weighted by Crippen LogP contribution is 2.43. The highest BCUT2D eigenvalue weighted by molar-refractivity contribution is 5.95. The van der Waals surface area contributed by atoms with Gasteiger partial charge in [-0.2, -0.15) is 14.9 Å². The average Bonchev–Trinajstić information content (AvgIpc) is 3.19. The zero-order chi connectivity index (χ0) is 24.5. The fourth-order valence-electron chi connectivity index (χ4n) is 4.37. The Kier molecular flexibility index (Phi) is 5.90. The van der Waals surface area contributed by atoms with E-state index in [1.54, 1.807) is 18.0 Å². The fourth-order valence-corrected chi connectivity index (χ4v) is 4.37. The Labute approximate surface area is 203 Å². The van der Waals surface area contributed by atoms with Crippen LogP contribution in [0.15, 0.2) is 54.7 Å². The number of anilines is 1. The third-order valence-corrected chi connectivity index (χ3v) is 5.88. The van der Waals surface area contributed by atoms with Crippen LogP contribution >= 0.6 is 0 Å². The molecule has 3 heterocycles. The minimum absolute atomic E-state index is 0.0111. The van der Waals surface area contributed by atoms with E-state index in [2.05, 4.69) is 20.5 Å². The molecule has 2 aromatic carbocycles. The molecule has 1 atom stereocenters. The number of carbonyl (C=O) groups is 1. The Hall–Kier alpha value is -4.27. The summed E-state index contributed by atoms with van der Waals surface area (Å²) in [6.07, 6.45) is 1.90. The van der Waals surface area contributed by atoms with Crippen LogP contribution in [0.3, 0.4) is 0 Å². The summed E-state index contributed by atoms with van der Waals surface area (Å²) in [6, 6.07) is 15.4. The molecule has 0 aliphatic carbocycles. The van der Waals surface area contributed by atoms with Crippen LogP contribution in [0.25, 0.3) is 17.2 Å². The van der Waals surface area contributed by atoms with Gasteiger partial charge in [0, 0.05) is 29.0 Å². The smallest absolute Gasteiger partial charge is 0.272 e. The molecular weight excluding hydrogens is 444 g/mol. The first kappa shape index (κ1) is 22.5. The molecule has 1 aliphatic rings. The SMILES string of the molecule is COc1ccc(-c2cnnc(-n3nc(C)c4c3NC(=O)C[C@H]4c3ccccc3OC(C)C)n2)cc1. The number of hydrogen-bond donors (Lipinski definition) is 1. The zero-order valence-corrected chi connectivity index (χ0v) is 20.0. The van der Waals surface area contributed by atoms with Crippen LogP contribution in [0, 0.1) is 6.92 Å². The van der Waals surface area contributed by atoms with Crippen molar-refractivity contribution >= 4 is 11.7 Å². The molecule has 4 aromatic rings. The van der Waals surface area contributed by atoms with Gasteiger partial charge in [0.25, 0.3) is 5.95 Å². The Morgan fingerprint density at radius 3 is 2.63 bits per heavy atom. The van der Waals surface area contributed by atoms with E-state index in [-0.39, 0.29) is 23.9 Å². The standard InChI is InChI=1S/C26H26N6O3/c1-15(2)35-22-8-6-5-7-19(22)20-13-23(33)29-25-24(20)16(3)31-32(25)26-28-21(14-27-30-26)17-9-11-18(34-4)12-10-17/h5-12,14-15,20H,13H2,1-4H3,(H,29,33)/t20-/m0/s1. The molecule has 1 N–H and O–H groups in total. The summed E-state index contributed by atoms with van der Waals surface area (Å²) in [5.74, 6) is 2.03. The summed E-state index contributed by atoms with van der Waals surface area (Å²) >= 11 is 0. The molecule has 1 aliphatic heterocycles. The maximum Gasteiger partial charge on any atom is 0.272 e. The molecule has 1 amide bonds. The monoisotopic (exact) mass is 470 g/mol. The van der Waals surface area contributed by atoms with Crippen LogP contribution in [-0.4, -0.2) is 44.1 Å². The van der Waals surface area contributed by atoms with Gasteiger partial charge in [-0.05, 0) is 51.1 Å². The molecule has 0 saturated heterocycles. The molecule has 178 valence electrons. The number of fused-ring (bicyclic) bond motifs is 1. The number of nitrogens with zero attached hydrogens (tertiary/aromatic N) is 5. The summed E-state index contributed by atoms with van der Waals surface area (Å²) < 4.78 is 12.9. The van der Waals surface area contributed by atoms with E-state index >= 15 is 0 Å². The second kappa shape index (κ2) is 9.17. The van der Waals surface area contributed by atoms with E-state index in [1.165, 1.54) is 0 Å². The number of benzene rings is 2. The Bertz CT molecular complexity index is 1380. The molecule has 9 heteroatoms. The van der Waals surface area contributed by atoms with E-state index in [1.807, 2.05) is 69.3 Å². The number of methoxy groups -OCH3 is 1. The lowest BCUT2D eigenvalue weighted by Crippen LogP contribution is -2.25. The molecule has 0 radical (unpaired) electrons. The molecule has 0 unspecified atom stereocenters. The summed E-state index contributed by atoms with van der Waals surface area (Å²) in [5, 5.41) is 16.0. The second-order valence-corrected chi connectivity index (χ2v) is 8.64. The molecule has 0 fully saturated rings. The maximum atomic E-state index is 12.8. The quantitative estimate of drug-likeness (QED) is 0.448. The normalized spacial score (nSPS) is 15.0. The van der Waals surface area contributed by atoms with Gasteiger partial charge in [0.2, 0.25) is 5.91 Å². The van der Waals surface area contributed by atoms with Gasteiger partial charge in [-0.1, -0.05) is 18.2 Å². The van der Waals surface area contributed by atoms with Crippen molar-refractivity contribution in [2.45, 2.75) is 39.2 Å². The number of rotatable bonds is 6. The minimum atomic E-state index is -0.208. The van der Waals surface area contributed by atoms with Crippen LogP contribution in [0.5, 0.6) is 11.5 Å². The van der Waals surface area contributed by atoms with Crippen molar-refractivity contribution in [3.05, 3.63) is 71.5 Å². The predicted molar refractivity (Wildman–Crippen MR) is 131 cm³/mol. The molecular formula is C26H26N6O3. The van der Waals surface area contributed by atoms with Crippen molar-refractivity contribution in [1.82, 2.24) is 25.0 Å². The van der Waals surface area contributed by atoms with Crippen molar-refractivity contribution in [3.63, 3.8) is 0 Å². The van der Waals surface area contributed by atoms with Crippen LogP contribution in [0.4, 0.5) is 5.82 Å². The lowest BCUT2D eigenvalue weighted by Gasteiger charge is -2.26. The molecule has 35 heavy (non-hydrogen) atoms. The van der Waals surface area contributed by atoms with E-state index in [0.29, 0.717) is 17.9 Å². The minimum Gasteiger partial charge on any atom is -0.497 e. The highest BCUT2D eigenvalue weighted by Gasteiger charge is 2.34. The molecule has 5 rings (SSSR count). The summed E-state index contributed by atoms with van der Waals surface area (Å²) in [5.41, 5.74) is 4.15. The van der Waals surface area contributed by atoms with Crippen LogP contribution < -0.4 is 14.8 Å². The van der Waals surface area contributed by atoms with Gasteiger partial charge in [-0.3, -0.25) is 4.79 Å². The molecule has 0 bridgehead atoms. The summed E-state index contributed by atoms with van der Waals surface area (Å²) in [7, 11) is 1.62. The van der Waals surface area contributed by atoms with Crippen molar-refractivity contribution in [2.75, 3.05) is 12.4 Å². The molecule has 0 saturated carbocycles. The number of carbonyl (C=O) groups excluding carboxylic acids is 1. The molecule has 0 spiro atoms. The van der Waals surface area contributed by atoms with Gasteiger partial charge < -0.3 is 14.8 Å². The number of amides is 1. The lowest BCUT2D eigenvalue weighted by atomic mass is 9.85. The van der Waals surface area contributed by atoms with Crippen LogP contribution in [0.1, 0.15) is 43.0 Å². The van der Waals surface area contributed by atoms with E-state index in [0.717, 1.165) is 33.9 Å². The van der Waals surface area contributed by atoms with Gasteiger partial charge in [0.15, 0.2) is 0 Å². The van der Waals surface area contributed by atoms with E-state index < -0.39 is 0 Å². The highest BCUT2D eigenvalue weighted by atomic mass is 16.5. The van der Waals surface area contributed by atoms with Crippen LogP contribution in [-0.2, 0) is 4.79 Å². The third kappa shape index (κ3) is 4.32. The Morgan fingerprint density at radius 2 is 1.89 bits per heavy atom. The first-order valence-corrected chi connectivity index (χ1v) is 11.4. The van der Waals surface area contributed by atoms with Gasteiger partial charge in [-0.15, -0.1) is 5.10 Å². The van der Waals surface area contributed by atoms with Crippen LogP contribution in [0.2, 0.25) is 0 Å². The van der Waals surface area contributed by atoms with E-state index in [9.17, 15) is 4.79 Å². The van der Waals surface area contributed by atoms with Crippen molar-refractivity contribution in [2.24, 2.45) is 0 Å². The van der Waals surface area contributed by atoms with Gasteiger partial charge in [0.05, 0.1) is 30.8 Å². The Morgan fingerprint density at radius 1 is 1.11 bits per heavy atom. The lowest BCUT2D eigenvalue weighted by molar-refractivity contribution is -0.116. The number of aromatic nitrogens is 5. The van der Waals surface area contributed by atoms with Crippen molar-refractivity contribution < 1.29 is 14.3 Å². The Balaban J connectivity index is 1.58. The largest absolute Gasteiger partial charge is 0.497 e. The number of para-hydroxylation sites is 1. The van der Waals surface area contributed by atoms with Gasteiger partial charge >= 0.3 is 0 Å². The first-order valence-electron chi connectivity index (χ1n) is 11.4. The molecule has 9 nitrogen and oxygen atoms in total. The third-order valence-electron chi connectivity index (χ3n) is 5.88. The maximum absolute atomic E-state index is 12.8. The molecule has 2 aromatic heterocycles. The summed E-state index contributed by atoms with van der Waals surface area (Å²) in [6.45, 7) is 5.89. The summed E-state index contributed by atoms with van der Waals surface area (Å²) in [4.78, 5) is 17.5. The van der Waals surface area contributed by atoms with Crippen molar-refractivity contribution in [3.8, 4) is 28.7 Å². The van der Waals surface area contributed by atoms with Gasteiger partial charge in [-0.25, -0.2) is 4.98 Å².